The molecule has 2 aromatic carbocycles. The maximum Gasteiger partial charge on any atom is 0.253 e. The Bertz CT molecular complexity index is 1200. The number of aryl methyl sites for hydroxylation is 2. The van der Waals surface area contributed by atoms with Crippen molar-refractivity contribution in [3.8, 4) is 0 Å². The van der Waals surface area contributed by atoms with Crippen LogP contribution in [0.5, 0.6) is 0 Å². The third kappa shape index (κ3) is 5.87. The van der Waals surface area contributed by atoms with Crippen molar-refractivity contribution in [1.29, 1.82) is 0 Å². The average molecular weight is 475 g/mol. The molecule has 0 unspecified atom stereocenters. The molecule has 0 bridgehead atoms. The standard InChI is InChI=1S/C29H35FN4O/c1-20-26(19-22-8-6-9-25(30)18-22)27(32-21(2)31-20)33-14-7-15-34(17-16-33)28(35)23-10-12-24(13-11-23)29(3,4)5/h6,8-13,18H,7,14-17,19H2,1-5H3. The van der Waals surface area contributed by atoms with Crippen LogP contribution in [0.2, 0.25) is 0 Å². The molecule has 2 heterocycles. The van der Waals surface area contributed by atoms with E-state index in [4.69, 9.17) is 4.98 Å². The van der Waals surface area contributed by atoms with Gasteiger partial charge in [-0.3, -0.25) is 4.79 Å². The number of carbonyl (C=O) groups excluding carboxylic acids is 1. The highest BCUT2D eigenvalue weighted by molar-refractivity contribution is 5.94. The Hall–Kier alpha value is -3.28. The summed E-state index contributed by atoms with van der Waals surface area (Å²) in [6.45, 7) is 13.2. The number of aromatic nitrogens is 2. The second kappa shape index (κ2) is 10.1. The van der Waals surface area contributed by atoms with Gasteiger partial charge < -0.3 is 9.80 Å². The summed E-state index contributed by atoms with van der Waals surface area (Å²) in [6, 6.07) is 14.7. The summed E-state index contributed by atoms with van der Waals surface area (Å²) >= 11 is 0. The molecule has 0 saturated carbocycles. The highest BCUT2D eigenvalue weighted by Crippen LogP contribution is 2.26. The number of carbonyl (C=O) groups is 1. The van der Waals surface area contributed by atoms with Crippen molar-refractivity contribution in [2.45, 2.75) is 52.9 Å². The van der Waals surface area contributed by atoms with Crippen molar-refractivity contribution >= 4 is 11.7 Å². The van der Waals surface area contributed by atoms with Gasteiger partial charge >= 0.3 is 0 Å². The molecule has 3 aromatic rings. The summed E-state index contributed by atoms with van der Waals surface area (Å²) < 4.78 is 13.8. The van der Waals surface area contributed by atoms with Crippen LogP contribution in [-0.2, 0) is 11.8 Å². The van der Waals surface area contributed by atoms with Crippen molar-refractivity contribution in [3.63, 3.8) is 0 Å². The van der Waals surface area contributed by atoms with Crippen LogP contribution < -0.4 is 4.90 Å². The fourth-order valence-corrected chi connectivity index (χ4v) is 4.67. The highest BCUT2D eigenvalue weighted by atomic mass is 19.1. The maximum absolute atomic E-state index is 13.8. The molecule has 1 saturated heterocycles. The molecule has 0 spiro atoms. The van der Waals surface area contributed by atoms with E-state index in [1.54, 1.807) is 12.1 Å². The fourth-order valence-electron chi connectivity index (χ4n) is 4.67. The highest BCUT2D eigenvalue weighted by Gasteiger charge is 2.24. The zero-order valence-electron chi connectivity index (χ0n) is 21.4. The van der Waals surface area contributed by atoms with Gasteiger partial charge in [-0.15, -0.1) is 0 Å². The lowest BCUT2D eigenvalue weighted by atomic mass is 9.86. The number of halogens is 1. The number of rotatable bonds is 4. The Kier molecular flexibility index (Phi) is 7.20. The molecule has 0 atom stereocenters. The molecular formula is C29H35FN4O. The average Bonchev–Trinajstić information content (AvgIpc) is 3.06. The first kappa shape index (κ1) is 24.8. The Labute approximate surface area is 208 Å². The molecule has 0 aliphatic carbocycles. The van der Waals surface area contributed by atoms with Gasteiger partial charge in [0.15, 0.2) is 0 Å². The second-order valence-corrected chi connectivity index (χ2v) is 10.4. The number of amides is 1. The third-order valence-corrected chi connectivity index (χ3v) is 6.65. The van der Waals surface area contributed by atoms with Gasteiger partial charge in [-0.2, -0.15) is 0 Å². The molecule has 4 rings (SSSR count). The predicted octanol–water partition coefficient (Wildman–Crippen LogP) is 5.47. The summed E-state index contributed by atoms with van der Waals surface area (Å²) in [5, 5.41) is 0. The van der Waals surface area contributed by atoms with Gasteiger partial charge in [-0.05, 0) is 61.1 Å². The van der Waals surface area contributed by atoms with Crippen LogP contribution in [0.15, 0.2) is 48.5 Å². The topological polar surface area (TPSA) is 49.3 Å². The van der Waals surface area contributed by atoms with Gasteiger partial charge in [0, 0.05) is 49.4 Å². The first-order chi connectivity index (χ1) is 16.6. The molecule has 5 nitrogen and oxygen atoms in total. The summed E-state index contributed by atoms with van der Waals surface area (Å²) in [5.41, 5.74) is 4.82. The number of anilines is 1. The Morgan fingerprint density at radius 1 is 0.971 bits per heavy atom. The van der Waals surface area contributed by atoms with Gasteiger partial charge in [0.25, 0.3) is 5.91 Å². The van der Waals surface area contributed by atoms with Crippen molar-refractivity contribution in [1.82, 2.24) is 14.9 Å². The summed E-state index contributed by atoms with van der Waals surface area (Å²) in [7, 11) is 0. The number of benzene rings is 2. The van der Waals surface area contributed by atoms with Crippen LogP contribution in [0, 0.1) is 19.7 Å². The van der Waals surface area contributed by atoms with Gasteiger partial charge in [0.2, 0.25) is 0 Å². The van der Waals surface area contributed by atoms with Crippen molar-refractivity contribution in [2.75, 3.05) is 31.1 Å². The summed E-state index contributed by atoms with van der Waals surface area (Å²) in [4.78, 5) is 26.8. The predicted molar refractivity (Wildman–Crippen MR) is 139 cm³/mol. The largest absolute Gasteiger partial charge is 0.354 e. The number of nitrogens with zero attached hydrogens (tertiary/aromatic N) is 4. The minimum atomic E-state index is -0.241. The molecule has 6 heteroatoms. The zero-order valence-corrected chi connectivity index (χ0v) is 21.4. The monoisotopic (exact) mass is 474 g/mol. The lowest BCUT2D eigenvalue weighted by Gasteiger charge is -2.26. The molecule has 1 fully saturated rings. The molecular weight excluding hydrogens is 439 g/mol. The van der Waals surface area contributed by atoms with E-state index in [1.807, 2.05) is 36.9 Å². The van der Waals surface area contributed by atoms with Gasteiger partial charge in [0.05, 0.1) is 0 Å². The van der Waals surface area contributed by atoms with E-state index in [1.165, 1.54) is 11.6 Å². The molecule has 35 heavy (non-hydrogen) atoms. The number of hydrogen-bond donors (Lipinski definition) is 0. The van der Waals surface area contributed by atoms with E-state index in [9.17, 15) is 9.18 Å². The summed E-state index contributed by atoms with van der Waals surface area (Å²) in [6.07, 6.45) is 1.42. The molecule has 0 N–H and O–H groups in total. The minimum Gasteiger partial charge on any atom is -0.354 e. The zero-order chi connectivity index (χ0) is 25.2. The van der Waals surface area contributed by atoms with Crippen LogP contribution >= 0.6 is 0 Å². The van der Waals surface area contributed by atoms with E-state index in [2.05, 4.69) is 42.8 Å². The lowest BCUT2D eigenvalue weighted by molar-refractivity contribution is 0.0767. The van der Waals surface area contributed by atoms with Crippen LogP contribution in [0.4, 0.5) is 10.2 Å². The van der Waals surface area contributed by atoms with Crippen molar-refractivity contribution in [3.05, 3.63) is 88.1 Å². The Morgan fingerprint density at radius 2 is 1.71 bits per heavy atom. The Morgan fingerprint density at radius 3 is 2.40 bits per heavy atom. The van der Waals surface area contributed by atoms with Gasteiger partial charge in [-0.1, -0.05) is 45.0 Å². The first-order valence-electron chi connectivity index (χ1n) is 12.3. The molecule has 1 amide bonds. The van der Waals surface area contributed by atoms with Crippen molar-refractivity contribution < 1.29 is 9.18 Å². The summed E-state index contributed by atoms with van der Waals surface area (Å²) in [5.74, 6) is 1.44. The van der Waals surface area contributed by atoms with Crippen molar-refractivity contribution in [2.24, 2.45) is 0 Å². The normalized spacial score (nSPS) is 14.7. The smallest absolute Gasteiger partial charge is 0.253 e. The molecule has 1 aliphatic heterocycles. The molecule has 0 radical (unpaired) electrons. The minimum absolute atomic E-state index is 0.0573. The quantitative estimate of drug-likeness (QED) is 0.503. The fraction of sp³-hybridized carbons (Fsp3) is 0.414. The van der Waals surface area contributed by atoms with Crippen LogP contribution in [0.25, 0.3) is 0 Å². The molecule has 1 aromatic heterocycles. The third-order valence-electron chi connectivity index (χ3n) is 6.65. The maximum atomic E-state index is 13.8. The van der Waals surface area contributed by atoms with Crippen LogP contribution in [0.3, 0.4) is 0 Å². The van der Waals surface area contributed by atoms with Gasteiger partial charge in [-0.25, -0.2) is 14.4 Å². The molecule has 184 valence electrons. The van der Waals surface area contributed by atoms with Gasteiger partial charge in [0.1, 0.15) is 17.5 Å². The molecule has 1 aliphatic rings. The SMILES string of the molecule is Cc1nc(C)c(Cc2cccc(F)c2)c(N2CCCN(C(=O)c3ccc(C(C)(C)C)cc3)CC2)n1. The van der Waals surface area contributed by atoms with E-state index >= 15 is 0 Å². The second-order valence-electron chi connectivity index (χ2n) is 10.4. The van der Waals surface area contributed by atoms with E-state index in [-0.39, 0.29) is 17.1 Å². The Balaban J connectivity index is 1.52. The lowest BCUT2D eigenvalue weighted by Crippen LogP contribution is -2.35. The van der Waals surface area contributed by atoms with E-state index < -0.39 is 0 Å². The van der Waals surface area contributed by atoms with E-state index in [0.717, 1.165) is 47.0 Å². The number of hydrogen-bond acceptors (Lipinski definition) is 4. The first-order valence-corrected chi connectivity index (χ1v) is 12.3. The van der Waals surface area contributed by atoms with Crippen LogP contribution in [-0.4, -0.2) is 47.0 Å². The van der Waals surface area contributed by atoms with Crippen LogP contribution in [0.1, 0.15) is 65.8 Å². The van der Waals surface area contributed by atoms with E-state index in [0.29, 0.717) is 26.1 Å².